The molecule has 168 valence electrons. The Morgan fingerprint density at radius 1 is 1.33 bits per heavy atom. The van der Waals surface area contributed by atoms with Gasteiger partial charge in [-0.25, -0.2) is 4.79 Å². The Kier molecular flexibility index (Phi) is 7.39. The fourth-order valence-corrected chi connectivity index (χ4v) is 3.74. The maximum absolute atomic E-state index is 13.0. The molecule has 2 atom stereocenters. The number of nitrogens with zero attached hydrogens (tertiary/aromatic N) is 1. The summed E-state index contributed by atoms with van der Waals surface area (Å²) in [7, 11) is 1.51. The first-order chi connectivity index (χ1) is 13.9. The van der Waals surface area contributed by atoms with Crippen LogP contribution in [-0.2, 0) is 26.9 Å². The number of halogens is 3. The molecule has 0 bridgehead atoms. The molecule has 1 N–H and O–H groups in total. The van der Waals surface area contributed by atoms with Crippen LogP contribution in [-0.4, -0.2) is 54.8 Å². The van der Waals surface area contributed by atoms with Crippen LogP contribution in [0.4, 0.5) is 18.0 Å². The standard InChI is InChI=1S/C21H29F3N2O4/c1-19(2,3)30-18(28)26-11-9-17(29-4)20(13-26,25-14-27)10-8-15-6-5-7-16(12-15)21(22,23)24/h5-7,12,14,17H,8-11,13H2,1-4H3,(H,25,27). The number of methoxy groups -OCH3 is 1. The van der Waals surface area contributed by atoms with E-state index in [9.17, 15) is 22.8 Å². The van der Waals surface area contributed by atoms with Gasteiger partial charge in [0.15, 0.2) is 0 Å². The van der Waals surface area contributed by atoms with E-state index in [2.05, 4.69) is 5.32 Å². The Morgan fingerprint density at radius 3 is 2.60 bits per heavy atom. The number of hydrogen-bond donors (Lipinski definition) is 1. The second-order valence-electron chi connectivity index (χ2n) is 8.53. The summed E-state index contributed by atoms with van der Waals surface area (Å²) in [5.41, 5.74) is -1.85. The lowest BCUT2D eigenvalue weighted by Gasteiger charge is -2.47. The summed E-state index contributed by atoms with van der Waals surface area (Å²) < 4.78 is 50.1. The number of benzene rings is 1. The molecule has 1 heterocycles. The summed E-state index contributed by atoms with van der Waals surface area (Å²) in [5.74, 6) is 0. The van der Waals surface area contributed by atoms with Gasteiger partial charge in [-0.2, -0.15) is 13.2 Å². The van der Waals surface area contributed by atoms with Crippen LogP contribution in [0.15, 0.2) is 24.3 Å². The molecule has 0 radical (unpaired) electrons. The molecule has 1 saturated heterocycles. The van der Waals surface area contributed by atoms with E-state index < -0.39 is 35.1 Å². The molecule has 1 aromatic rings. The van der Waals surface area contributed by atoms with Crippen molar-refractivity contribution in [3.63, 3.8) is 0 Å². The maximum Gasteiger partial charge on any atom is 0.416 e. The molecule has 0 aliphatic carbocycles. The van der Waals surface area contributed by atoms with Crippen LogP contribution in [0.2, 0.25) is 0 Å². The molecule has 1 aliphatic rings. The number of alkyl halides is 3. The Balaban J connectivity index is 2.23. The lowest BCUT2D eigenvalue weighted by molar-refractivity contribution is -0.137. The molecule has 1 aliphatic heterocycles. The molecule has 0 spiro atoms. The van der Waals surface area contributed by atoms with E-state index in [-0.39, 0.29) is 13.0 Å². The summed E-state index contributed by atoms with van der Waals surface area (Å²) in [6, 6.07) is 5.09. The highest BCUT2D eigenvalue weighted by molar-refractivity contribution is 5.68. The second-order valence-corrected chi connectivity index (χ2v) is 8.53. The van der Waals surface area contributed by atoms with Crippen LogP contribution in [0, 0.1) is 0 Å². The molecule has 2 amide bonds. The van der Waals surface area contributed by atoms with E-state index in [4.69, 9.17) is 9.47 Å². The van der Waals surface area contributed by atoms with Gasteiger partial charge in [0, 0.05) is 20.2 Å². The number of hydrogen-bond acceptors (Lipinski definition) is 4. The van der Waals surface area contributed by atoms with Crippen LogP contribution < -0.4 is 5.32 Å². The van der Waals surface area contributed by atoms with Gasteiger partial charge < -0.3 is 19.7 Å². The molecule has 0 aromatic heterocycles. The molecule has 9 heteroatoms. The van der Waals surface area contributed by atoms with Crippen LogP contribution in [0.3, 0.4) is 0 Å². The van der Waals surface area contributed by atoms with E-state index in [1.165, 1.54) is 18.1 Å². The van der Waals surface area contributed by atoms with Crippen molar-refractivity contribution in [2.45, 2.75) is 63.5 Å². The van der Waals surface area contributed by atoms with E-state index >= 15 is 0 Å². The van der Waals surface area contributed by atoms with Gasteiger partial charge in [-0.05, 0) is 51.7 Å². The molecular formula is C21H29F3N2O4. The summed E-state index contributed by atoms with van der Waals surface area (Å²) in [6.45, 7) is 5.81. The molecule has 6 nitrogen and oxygen atoms in total. The minimum absolute atomic E-state index is 0.137. The predicted octanol–water partition coefficient (Wildman–Crippen LogP) is 3.78. The lowest BCUT2D eigenvalue weighted by atomic mass is 9.81. The Bertz CT molecular complexity index is 749. The quantitative estimate of drug-likeness (QED) is 0.698. The Morgan fingerprint density at radius 2 is 2.03 bits per heavy atom. The number of amides is 2. The lowest BCUT2D eigenvalue weighted by Crippen LogP contribution is -2.66. The summed E-state index contributed by atoms with van der Waals surface area (Å²) in [6.07, 6.45) is -3.77. The smallest absolute Gasteiger partial charge is 0.416 e. The van der Waals surface area contributed by atoms with Gasteiger partial charge in [-0.1, -0.05) is 18.2 Å². The first kappa shape index (κ1) is 24.0. The van der Waals surface area contributed by atoms with Gasteiger partial charge >= 0.3 is 12.3 Å². The van der Waals surface area contributed by atoms with E-state index in [1.807, 2.05) is 0 Å². The number of nitrogens with one attached hydrogen (secondary N) is 1. The first-order valence-corrected chi connectivity index (χ1v) is 9.78. The monoisotopic (exact) mass is 430 g/mol. The van der Waals surface area contributed by atoms with Crippen molar-refractivity contribution in [2.75, 3.05) is 20.2 Å². The number of likely N-dealkylation sites (tertiary alicyclic amines) is 1. The van der Waals surface area contributed by atoms with Crippen LogP contribution >= 0.6 is 0 Å². The van der Waals surface area contributed by atoms with Crippen molar-refractivity contribution in [1.82, 2.24) is 10.2 Å². The zero-order chi connectivity index (χ0) is 22.6. The zero-order valence-corrected chi connectivity index (χ0v) is 17.7. The normalized spacial score (nSPS) is 22.5. The molecule has 2 unspecified atom stereocenters. The summed E-state index contributed by atoms with van der Waals surface area (Å²) in [4.78, 5) is 25.4. The largest absolute Gasteiger partial charge is 0.444 e. The van der Waals surface area contributed by atoms with E-state index in [1.54, 1.807) is 26.8 Å². The van der Waals surface area contributed by atoms with Crippen molar-refractivity contribution >= 4 is 12.5 Å². The molecule has 1 fully saturated rings. The van der Waals surface area contributed by atoms with Gasteiger partial charge in [-0.15, -0.1) is 0 Å². The molecular weight excluding hydrogens is 401 g/mol. The van der Waals surface area contributed by atoms with Crippen LogP contribution in [0.25, 0.3) is 0 Å². The van der Waals surface area contributed by atoms with Gasteiger partial charge in [0.1, 0.15) is 5.60 Å². The van der Waals surface area contributed by atoms with E-state index in [0.717, 1.165) is 12.1 Å². The number of rotatable bonds is 6. The molecule has 1 aromatic carbocycles. The van der Waals surface area contributed by atoms with Gasteiger partial charge in [0.2, 0.25) is 6.41 Å². The van der Waals surface area contributed by atoms with Crippen molar-refractivity contribution < 1.29 is 32.2 Å². The predicted molar refractivity (Wildman–Crippen MR) is 105 cm³/mol. The topological polar surface area (TPSA) is 67.9 Å². The Labute approximate surface area is 174 Å². The minimum Gasteiger partial charge on any atom is -0.444 e. The van der Waals surface area contributed by atoms with Gasteiger partial charge in [0.05, 0.1) is 17.2 Å². The maximum atomic E-state index is 13.0. The Hall–Kier alpha value is -2.29. The number of carbonyl (C=O) groups is 2. The van der Waals surface area contributed by atoms with Crippen molar-refractivity contribution in [3.8, 4) is 0 Å². The van der Waals surface area contributed by atoms with Crippen LogP contribution in [0.5, 0.6) is 0 Å². The zero-order valence-electron chi connectivity index (χ0n) is 17.7. The van der Waals surface area contributed by atoms with E-state index in [0.29, 0.717) is 31.4 Å². The fourth-order valence-electron chi connectivity index (χ4n) is 3.74. The molecule has 0 saturated carbocycles. The third kappa shape index (κ3) is 6.10. The SMILES string of the molecule is COC1CCN(C(=O)OC(C)(C)C)CC1(CCc1cccc(C(F)(F)F)c1)NC=O. The highest BCUT2D eigenvalue weighted by Gasteiger charge is 2.45. The first-order valence-electron chi connectivity index (χ1n) is 9.78. The van der Waals surface area contributed by atoms with Gasteiger partial charge in [-0.3, -0.25) is 4.79 Å². The second kappa shape index (κ2) is 9.24. The number of piperidine rings is 1. The summed E-state index contributed by atoms with van der Waals surface area (Å²) >= 11 is 0. The average Bonchev–Trinajstić information content (AvgIpc) is 2.65. The molecule has 30 heavy (non-hydrogen) atoms. The minimum atomic E-state index is -4.43. The third-order valence-electron chi connectivity index (χ3n) is 5.15. The highest BCUT2D eigenvalue weighted by Crippen LogP contribution is 2.32. The average molecular weight is 430 g/mol. The number of ether oxygens (including phenoxy) is 2. The highest BCUT2D eigenvalue weighted by atomic mass is 19.4. The number of carbonyl (C=O) groups excluding carboxylic acids is 2. The van der Waals surface area contributed by atoms with Crippen molar-refractivity contribution in [3.05, 3.63) is 35.4 Å². The van der Waals surface area contributed by atoms with Crippen molar-refractivity contribution in [2.24, 2.45) is 0 Å². The van der Waals surface area contributed by atoms with Gasteiger partial charge in [0.25, 0.3) is 0 Å². The number of aryl methyl sites for hydroxylation is 1. The van der Waals surface area contributed by atoms with Crippen LogP contribution in [0.1, 0.15) is 44.7 Å². The summed E-state index contributed by atoms with van der Waals surface area (Å²) in [5, 5.41) is 2.78. The van der Waals surface area contributed by atoms with Crippen molar-refractivity contribution in [1.29, 1.82) is 0 Å². The fraction of sp³-hybridized carbons (Fsp3) is 0.619. The molecule has 2 rings (SSSR count). The third-order valence-corrected chi connectivity index (χ3v) is 5.15.